The van der Waals surface area contributed by atoms with Crippen LogP contribution in [0.5, 0.6) is 0 Å². The standard InChI is InChI=1S/C19H22N4O3/c1-12-17(13(2)26-21-12)19(25)23-10-14-3-4-16(23)11-22(9-14)18(24)15-5-7-20-8-6-15/h5-8,14,16H,3-4,9-11H2,1-2H3. The Bertz CT molecular complexity index is 813. The highest BCUT2D eigenvalue weighted by atomic mass is 16.5. The van der Waals surface area contributed by atoms with Gasteiger partial charge in [0.25, 0.3) is 11.8 Å². The number of aryl methyl sites for hydroxylation is 2. The van der Waals surface area contributed by atoms with Gasteiger partial charge in [-0.25, -0.2) is 0 Å². The fourth-order valence-corrected chi connectivity index (χ4v) is 4.11. The van der Waals surface area contributed by atoms with Gasteiger partial charge in [-0.3, -0.25) is 14.6 Å². The maximum Gasteiger partial charge on any atom is 0.259 e. The summed E-state index contributed by atoms with van der Waals surface area (Å²) in [5.74, 6) is 0.825. The highest BCUT2D eigenvalue weighted by Crippen LogP contribution is 2.31. The van der Waals surface area contributed by atoms with Crippen molar-refractivity contribution in [3.05, 3.63) is 47.1 Å². The Hall–Kier alpha value is -2.70. The zero-order chi connectivity index (χ0) is 18.3. The lowest BCUT2D eigenvalue weighted by Crippen LogP contribution is -2.48. The Morgan fingerprint density at radius 2 is 1.85 bits per heavy atom. The van der Waals surface area contributed by atoms with Crippen molar-refractivity contribution in [2.24, 2.45) is 5.92 Å². The van der Waals surface area contributed by atoms with Gasteiger partial charge in [0, 0.05) is 43.6 Å². The average molecular weight is 354 g/mol. The molecule has 0 radical (unpaired) electrons. The van der Waals surface area contributed by atoms with Gasteiger partial charge in [0.1, 0.15) is 11.3 Å². The van der Waals surface area contributed by atoms with Crippen LogP contribution in [0.4, 0.5) is 0 Å². The van der Waals surface area contributed by atoms with Gasteiger partial charge in [-0.1, -0.05) is 5.16 Å². The minimum Gasteiger partial charge on any atom is -0.361 e. The molecule has 2 unspecified atom stereocenters. The van der Waals surface area contributed by atoms with Crippen LogP contribution in [-0.4, -0.2) is 57.4 Å². The summed E-state index contributed by atoms with van der Waals surface area (Å²) in [5.41, 5.74) is 1.83. The van der Waals surface area contributed by atoms with E-state index in [1.165, 1.54) is 0 Å². The number of fused-ring (bicyclic) bond motifs is 4. The molecule has 0 spiro atoms. The second-order valence-corrected chi connectivity index (χ2v) is 7.20. The molecule has 2 amide bonds. The van der Waals surface area contributed by atoms with Gasteiger partial charge >= 0.3 is 0 Å². The van der Waals surface area contributed by atoms with Gasteiger partial charge in [-0.15, -0.1) is 0 Å². The van der Waals surface area contributed by atoms with Crippen LogP contribution >= 0.6 is 0 Å². The SMILES string of the molecule is Cc1noc(C)c1C(=O)N1CC2CCC1CN(C(=O)c1ccncc1)C2. The number of nitrogens with zero attached hydrogens (tertiary/aromatic N) is 4. The van der Waals surface area contributed by atoms with Crippen LogP contribution in [0, 0.1) is 19.8 Å². The third kappa shape index (κ3) is 2.87. The average Bonchev–Trinajstić information content (AvgIpc) is 2.83. The first kappa shape index (κ1) is 16.8. The smallest absolute Gasteiger partial charge is 0.259 e. The molecule has 2 aromatic heterocycles. The molecule has 2 bridgehead atoms. The van der Waals surface area contributed by atoms with Gasteiger partial charge < -0.3 is 14.3 Å². The van der Waals surface area contributed by atoms with Crippen molar-refractivity contribution in [2.75, 3.05) is 19.6 Å². The Morgan fingerprint density at radius 3 is 2.54 bits per heavy atom. The van der Waals surface area contributed by atoms with Gasteiger partial charge in [-0.05, 0) is 44.7 Å². The molecular formula is C19H22N4O3. The van der Waals surface area contributed by atoms with Crippen LogP contribution in [0.2, 0.25) is 0 Å². The number of piperidine rings is 1. The molecule has 26 heavy (non-hydrogen) atoms. The first-order chi connectivity index (χ1) is 12.5. The normalized spacial score (nSPS) is 22.4. The highest BCUT2D eigenvalue weighted by Gasteiger charge is 2.40. The predicted octanol–water partition coefficient (Wildman–Crippen LogP) is 2.06. The number of carbonyl (C=O) groups excluding carboxylic acids is 2. The van der Waals surface area contributed by atoms with Gasteiger partial charge in [0.05, 0.1) is 5.69 Å². The summed E-state index contributed by atoms with van der Waals surface area (Å²) in [6.07, 6.45) is 5.22. The number of carbonyl (C=O) groups is 2. The molecule has 0 saturated carbocycles. The van der Waals surface area contributed by atoms with E-state index in [9.17, 15) is 9.59 Å². The largest absolute Gasteiger partial charge is 0.361 e. The Morgan fingerprint density at radius 1 is 1.08 bits per heavy atom. The van der Waals surface area contributed by atoms with E-state index in [2.05, 4.69) is 10.1 Å². The lowest BCUT2D eigenvalue weighted by atomic mass is 9.94. The summed E-state index contributed by atoms with van der Waals surface area (Å²) in [6, 6.07) is 3.50. The molecule has 3 fully saturated rings. The first-order valence-corrected chi connectivity index (χ1v) is 8.97. The number of amides is 2. The molecule has 7 nitrogen and oxygen atoms in total. The number of aromatic nitrogens is 2. The Labute approximate surface area is 152 Å². The minimum absolute atomic E-state index is 0.0101. The number of rotatable bonds is 2. The van der Waals surface area contributed by atoms with E-state index in [1.807, 2.05) is 9.80 Å². The molecule has 0 aromatic carbocycles. The second-order valence-electron chi connectivity index (χ2n) is 7.20. The summed E-state index contributed by atoms with van der Waals surface area (Å²) in [7, 11) is 0. The Balaban J connectivity index is 1.57. The summed E-state index contributed by atoms with van der Waals surface area (Å²) in [5, 5.41) is 3.91. The molecule has 3 saturated heterocycles. The molecular weight excluding hydrogens is 332 g/mol. The maximum absolute atomic E-state index is 13.1. The zero-order valence-corrected chi connectivity index (χ0v) is 15.0. The number of pyridine rings is 1. The summed E-state index contributed by atoms with van der Waals surface area (Å²) >= 11 is 0. The van der Waals surface area contributed by atoms with E-state index in [0.717, 1.165) is 12.8 Å². The number of hydrogen-bond donors (Lipinski definition) is 0. The highest BCUT2D eigenvalue weighted by molar-refractivity contribution is 5.97. The molecule has 3 aliphatic rings. The monoisotopic (exact) mass is 354 g/mol. The third-order valence-corrected chi connectivity index (χ3v) is 5.44. The second kappa shape index (κ2) is 6.55. The van der Waals surface area contributed by atoms with Crippen LogP contribution in [0.25, 0.3) is 0 Å². The van der Waals surface area contributed by atoms with Crippen molar-refractivity contribution in [3.8, 4) is 0 Å². The van der Waals surface area contributed by atoms with Crippen LogP contribution < -0.4 is 0 Å². The molecule has 2 aromatic rings. The van der Waals surface area contributed by atoms with Crippen molar-refractivity contribution in [3.63, 3.8) is 0 Å². The third-order valence-electron chi connectivity index (χ3n) is 5.44. The van der Waals surface area contributed by atoms with E-state index in [-0.39, 0.29) is 17.9 Å². The van der Waals surface area contributed by atoms with E-state index in [0.29, 0.717) is 48.1 Å². The van der Waals surface area contributed by atoms with Crippen LogP contribution in [-0.2, 0) is 0 Å². The van der Waals surface area contributed by atoms with Crippen LogP contribution in [0.1, 0.15) is 45.0 Å². The quantitative estimate of drug-likeness (QED) is 0.825. The van der Waals surface area contributed by atoms with Gasteiger partial charge in [-0.2, -0.15) is 0 Å². The van der Waals surface area contributed by atoms with Crippen molar-refractivity contribution < 1.29 is 14.1 Å². The first-order valence-electron chi connectivity index (χ1n) is 8.97. The molecule has 0 N–H and O–H groups in total. The molecule has 2 atom stereocenters. The van der Waals surface area contributed by atoms with Crippen molar-refractivity contribution in [2.45, 2.75) is 32.7 Å². The van der Waals surface area contributed by atoms with Crippen molar-refractivity contribution >= 4 is 11.8 Å². The van der Waals surface area contributed by atoms with Crippen molar-refractivity contribution in [1.82, 2.24) is 19.9 Å². The zero-order valence-electron chi connectivity index (χ0n) is 15.0. The van der Waals surface area contributed by atoms with Crippen LogP contribution in [0.15, 0.2) is 29.0 Å². The molecule has 0 aliphatic carbocycles. The van der Waals surface area contributed by atoms with Crippen molar-refractivity contribution in [1.29, 1.82) is 0 Å². The maximum atomic E-state index is 13.1. The molecule has 5 rings (SSSR count). The van der Waals surface area contributed by atoms with Gasteiger partial charge in [0.15, 0.2) is 0 Å². The van der Waals surface area contributed by atoms with Crippen LogP contribution in [0.3, 0.4) is 0 Å². The lowest BCUT2D eigenvalue weighted by molar-refractivity contribution is 0.0572. The van der Waals surface area contributed by atoms with E-state index >= 15 is 0 Å². The van der Waals surface area contributed by atoms with E-state index < -0.39 is 0 Å². The van der Waals surface area contributed by atoms with E-state index in [1.54, 1.807) is 38.4 Å². The molecule has 136 valence electrons. The van der Waals surface area contributed by atoms with E-state index in [4.69, 9.17) is 4.52 Å². The topological polar surface area (TPSA) is 79.5 Å². The summed E-state index contributed by atoms with van der Waals surface area (Å²) in [4.78, 5) is 33.7. The Kier molecular flexibility index (Phi) is 4.22. The predicted molar refractivity (Wildman–Crippen MR) is 93.7 cm³/mol. The minimum atomic E-state index is -0.0332. The molecule has 7 heteroatoms. The fraction of sp³-hybridized carbons (Fsp3) is 0.474. The fourth-order valence-electron chi connectivity index (χ4n) is 4.11. The lowest BCUT2D eigenvalue weighted by Gasteiger charge is -2.36. The molecule has 3 aliphatic heterocycles. The summed E-state index contributed by atoms with van der Waals surface area (Å²) < 4.78 is 5.17. The summed E-state index contributed by atoms with van der Waals surface area (Å²) in [6.45, 7) is 5.48. The molecule has 5 heterocycles. The van der Waals surface area contributed by atoms with Gasteiger partial charge in [0.2, 0.25) is 0 Å². The number of hydrogen-bond acceptors (Lipinski definition) is 5.